The van der Waals surface area contributed by atoms with Crippen LogP contribution >= 0.6 is 23.2 Å². The summed E-state index contributed by atoms with van der Waals surface area (Å²) in [6.07, 6.45) is 1.80. The number of likely N-dealkylation sites (N-methyl/N-ethyl adjacent to an activating group) is 1. The van der Waals surface area contributed by atoms with Crippen LogP contribution in [0.1, 0.15) is 11.3 Å². The first-order valence-corrected chi connectivity index (χ1v) is 8.29. The van der Waals surface area contributed by atoms with Gasteiger partial charge in [0.25, 0.3) is 0 Å². The Morgan fingerprint density at radius 1 is 1.17 bits per heavy atom. The van der Waals surface area contributed by atoms with Crippen LogP contribution in [0.2, 0.25) is 10.2 Å². The molecule has 2 aromatic rings. The maximum Gasteiger partial charge on any atom is 0.142 e. The molecule has 1 aromatic heterocycles. The van der Waals surface area contributed by atoms with Crippen molar-refractivity contribution in [1.82, 2.24) is 19.7 Å². The Labute approximate surface area is 146 Å². The Bertz CT molecular complexity index is 717. The molecule has 122 valence electrons. The molecule has 0 amide bonds. The molecule has 0 aliphatic carbocycles. The van der Waals surface area contributed by atoms with Gasteiger partial charge >= 0.3 is 0 Å². The van der Waals surface area contributed by atoms with Gasteiger partial charge in [-0.15, -0.1) is 0 Å². The second kappa shape index (κ2) is 6.91. The second-order valence-electron chi connectivity index (χ2n) is 5.68. The van der Waals surface area contributed by atoms with E-state index in [-0.39, 0.29) is 0 Å². The average Bonchev–Trinajstić information content (AvgIpc) is 2.82. The smallest absolute Gasteiger partial charge is 0.142 e. The fourth-order valence-corrected chi connectivity index (χ4v) is 2.99. The Morgan fingerprint density at radius 3 is 2.61 bits per heavy atom. The molecular weight excluding hydrogens is 333 g/mol. The monoisotopic (exact) mass is 351 g/mol. The molecule has 0 N–H and O–H groups in total. The second-order valence-corrected chi connectivity index (χ2v) is 6.48. The normalized spacial score (nSPS) is 16.4. The summed E-state index contributed by atoms with van der Waals surface area (Å²) in [6, 6.07) is 7.46. The summed E-state index contributed by atoms with van der Waals surface area (Å²) in [7, 11) is 2.12. The van der Waals surface area contributed by atoms with Gasteiger partial charge in [-0.25, -0.2) is 4.68 Å². The first-order valence-electron chi connectivity index (χ1n) is 7.53. The number of hydrogen-bond acceptors (Lipinski definition) is 4. The molecule has 3 rings (SSSR count). The van der Waals surface area contributed by atoms with Gasteiger partial charge in [0.1, 0.15) is 5.15 Å². The maximum atomic E-state index is 6.50. The van der Waals surface area contributed by atoms with E-state index >= 15 is 0 Å². The van der Waals surface area contributed by atoms with Crippen molar-refractivity contribution in [2.45, 2.75) is 6.92 Å². The summed E-state index contributed by atoms with van der Waals surface area (Å²) in [5, 5.41) is 12.3. The number of rotatable bonds is 3. The van der Waals surface area contributed by atoms with E-state index in [2.05, 4.69) is 27.2 Å². The SMILES string of the molecule is Cc1nn(-c2cccc(Cl)c2)c(Cl)c1/C=N\N1CCN(C)CC1. The Hall–Kier alpha value is -1.56. The van der Waals surface area contributed by atoms with Gasteiger partial charge in [0, 0.05) is 31.2 Å². The van der Waals surface area contributed by atoms with Crippen LogP contribution in [0.15, 0.2) is 29.4 Å². The number of hydrogen-bond donors (Lipinski definition) is 0. The number of halogens is 2. The number of piperazine rings is 1. The molecule has 1 aromatic carbocycles. The molecule has 5 nitrogen and oxygen atoms in total. The highest BCUT2D eigenvalue weighted by Gasteiger charge is 2.15. The van der Waals surface area contributed by atoms with Crippen molar-refractivity contribution >= 4 is 29.4 Å². The predicted molar refractivity (Wildman–Crippen MR) is 95.0 cm³/mol. The fourth-order valence-electron chi connectivity index (χ4n) is 2.49. The standard InChI is InChI=1S/C16H19Cl2N5/c1-12-15(11-19-22-8-6-21(2)7-9-22)16(18)23(20-12)14-5-3-4-13(17)10-14/h3-5,10-11H,6-9H2,1-2H3/b19-11-. The average molecular weight is 352 g/mol. The van der Waals surface area contributed by atoms with E-state index in [0.29, 0.717) is 10.2 Å². The van der Waals surface area contributed by atoms with E-state index < -0.39 is 0 Å². The van der Waals surface area contributed by atoms with Gasteiger partial charge in [-0.2, -0.15) is 10.2 Å². The third-order valence-electron chi connectivity index (χ3n) is 3.93. The van der Waals surface area contributed by atoms with Crippen LogP contribution in [0.4, 0.5) is 0 Å². The molecule has 1 fully saturated rings. The predicted octanol–water partition coefficient (Wildman–Crippen LogP) is 3.07. The lowest BCUT2D eigenvalue weighted by Crippen LogP contribution is -2.41. The third kappa shape index (κ3) is 3.68. The van der Waals surface area contributed by atoms with Crippen molar-refractivity contribution in [1.29, 1.82) is 0 Å². The van der Waals surface area contributed by atoms with E-state index in [4.69, 9.17) is 23.2 Å². The van der Waals surface area contributed by atoms with Gasteiger partial charge in [-0.3, -0.25) is 5.01 Å². The van der Waals surface area contributed by atoms with Gasteiger partial charge in [-0.05, 0) is 32.2 Å². The molecule has 23 heavy (non-hydrogen) atoms. The molecule has 0 unspecified atom stereocenters. The minimum Gasteiger partial charge on any atom is -0.303 e. The van der Waals surface area contributed by atoms with E-state index in [1.54, 1.807) is 10.9 Å². The maximum absolute atomic E-state index is 6.50. The number of benzene rings is 1. The van der Waals surface area contributed by atoms with Crippen molar-refractivity contribution < 1.29 is 0 Å². The largest absolute Gasteiger partial charge is 0.303 e. The molecule has 1 aliphatic rings. The molecule has 0 saturated carbocycles. The van der Waals surface area contributed by atoms with E-state index in [9.17, 15) is 0 Å². The van der Waals surface area contributed by atoms with Crippen molar-refractivity contribution in [2.75, 3.05) is 33.2 Å². The highest BCUT2D eigenvalue weighted by atomic mass is 35.5. The van der Waals surface area contributed by atoms with Crippen molar-refractivity contribution in [2.24, 2.45) is 5.10 Å². The zero-order chi connectivity index (χ0) is 16.4. The third-order valence-corrected chi connectivity index (χ3v) is 4.53. The number of hydrazone groups is 1. The highest BCUT2D eigenvalue weighted by molar-refractivity contribution is 6.32. The number of aromatic nitrogens is 2. The van der Waals surface area contributed by atoms with Crippen LogP contribution in [-0.2, 0) is 0 Å². The Balaban J connectivity index is 1.83. The summed E-state index contributed by atoms with van der Waals surface area (Å²) in [5.41, 5.74) is 2.52. The lowest BCUT2D eigenvalue weighted by molar-refractivity contribution is 0.159. The minimum atomic E-state index is 0.544. The van der Waals surface area contributed by atoms with Gasteiger partial charge in [0.2, 0.25) is 0 Å². The lowest BCUT2D eigenvalue weighted by Gasteiger charge is -2.30. The van der Waals surface area contributed by atoms with E-state index in [1.807, 2.05) is 31.2 Å². The summed E-state index contributed by atoms with van der Waals surface area (Å²) >= 11 is 12.5. The Morgan fingerprint density at radius 2 is 1.91 bits per heavy atom. The minimum absolute atomic E-state index is 0.544. The summed E-state index contributed by atoms with van der Waals surface area (Å²) in [6.45, 7) is 5.81. The molecule has 1 aliphatic heterocycles. The van der Waals surface area contributed by atoms with Gasteiger partial charge in [0.15, 0.2) is 0 Å². The molecule has 7 heteroatoms. The molecule has 0 radical (unpaired) electrons. The molecule has 0 atom stereocenters. The quantitative estimate of drug-likeness (QED) is 0.797. The zero-order valence-corrected chi connectivity index (χ0v) is 14.7. The van der Waals surface area contributed by atoms with Crippen molar-refractivity contribution in [3.8, 4) is 5.69 Å². The van der Waals surface area contributed by atoms with Crippen LogP contribution < -0.4 is 0 Å². The van der Waals surface area contributed by atoms with Gasteiger partial charge < -0.3 is 4.90 Å². The van der Waals surface area contributed by atoms with Crippen LogP contribution in [0.5, 0.6) is 0 Å². The van der Waals surface area contributed by atoms with Gasteiger partial charge in [-0.1, -0.05) is 29.3 Å². The zero-order valence-electron chi connectivity index (χ0n) is 13.2. The van der Waals surface area contributed by atoms with Crippen molar-refractivity contribution in [3.63, 3.8) is 0 Å². The molecule has 0 spiro atoms. The van der Waals surface area contributed by atoms with E-state index in [1.165, 1.54) is 0 Å². The van der Waals surface area contributed by atoms with Crippen LogP contribution in [0, 0.1) is 6.92 Å². The van der Waals surface area contributed by atoms with Gasteiger partial charge in [0.05, 0.1) is 23.2 Å². The number of aryl methyl sites for hydroxylation is 1. The molecule has 1 saturated heterocycles. The molecule has 2 heterocycles. The van der Waals surface area contributed by atoms with E-state index in [0.717, 1.165) is 43.1 Å². The lowest BCUT2D eigenvalue weighted by atomic mass is 10.3. The summed E-state index contributed by atoms with van der Waals surface area (Å²) < 4.78 is 1.69. The van der Waals surface area contributed by atoms with Crippen molar-refractivity contribution in [3.05, 3.63) is 45.7 Å². The first kappa shape index (κ1) is 16.3. The molecular formula is C16H19Cl2N5. The number of nitrogens with zero attached hydrogens (tertiary/aromatic N) is 5. The van der Waals surface area contributed by atoms with Crippen LogP contribution in [0.25, 0.3) is 5.69 Å². The van der Waals surface area contributed by atoms with Crippen LogP contribution in [0.3, 0.4) is 0 Å². The topological polar surface area (TPSA) is 36.7 Å². The summed E-state index contributed by atoms with van der Waals surface area (Å²) in [4.78, 5) is 2.29. The first-order chi connectivity index (χ1) is 11.0. The Kier molecular flexibility index (Phi) is 4.90. The fraction of sp³-hybridized carbons (Fsp3) is 0.375. The summed E-state index contributed by atoms with van der Waals surface area (Å²) in [5.74, 6) is 0. The molecule has 0 bridgehead atoms. The van der Waals surface area contributed by atoms with Crippen LogP contribution in [-0.4, -0.2) is 59.1 Å². The highest BCUT2D eigenvalue weighted by Crippen LogP contribution is 2.23.